The van der Waals surface area contributed by atoms with Crippen LogP contribution in [0.25, 0.3) is 54.6 Å². The highest BCUT2D eigenvalue weighted by Crippen LogP contribution is 2.44. The van der Waals surface area contributed by atoms with Gasteiger partial charge in [0.05, 0.1) is 0 Å². The molecule has 6 rings (SSSR count). The van der Waals surface area contributed by atoms with E-state index in [1.165, 1.54) is 54.6 Å². The van der Waals surface area contributed by atoms with E-state index in [2.05, 4.69) is 90.2 Å². The Hall–Kier alpha value is -4.04. The normalized spacial score (nSPS) is 11.5. The van der Waals surface area contributed by atoms with Crippen molar-refractivity contribution in [2.24, 2.45) is 0 Å². The number of hydrogen-bond donors (Lipinski definition) is 2. The predicted octanol–water partition coefficient (Wildman–Crippen LogP) is 7.54. The second-order valence-corrected chi connectivity index (χ2v) is 8.10. The van der Waals surface area contributed by atoms with Gasteiger partial charge in [0.25, 0.3) is 0 Å². The van der Waals surface area contributed by atoms with Gasteiger partial charge in [-0.2, -0.15) is 0 Å². The molecule has 0 unspecified atom stereocenters. The summed E-state index contributed by atoms with van der Waals surface area (Å²) < 4.78 is 0. The van der Waals surface area contributed by atoms with Crippen molar-refractivity contribution in [1.82, 2.24) is 0 Å². The number of hydrogen-bond acceptors (Lipinski definition) is 2. The summed E-state index contributed by atoms with van der Waals surface area (Å²) in [6, 6.07) is 34.8. The minimum atomic E-state index is 0.785. The molecular weight excluding hydrogens is 376 g/mol. The first-order chi connectivity index (χ1) is 15.2. The van der Waals surface area contributed by atoms with Crippen molar-refractivity contribution in [2.45, 2.75) is 0 Å². The van der Waals surface area contributed by atoms with Crippen LogP contribution in [0.1, 0.15) is 0 Å². The van der Waals surface area contributed by atoms with E-state index in [1.54, 1.807) is 0 Å². The van der Waals surface area contributed by atoms with E-state index in [0.717, 1.165) is 11.4 Å². The number of anilines is 2. The Balaban J connectivity index is 1.74. The average Bonchev–Trinajstić information content (AvgIpc) is 2.83. The number of rotatable bonds is 3. The van der Waals surface area contributed by atoms with Gasteiger partial charge in [-0.1, -0.05) is 60.7 Å². The summed E-state index contributed by atoms with van der Waals surface area (Å²) in [5.74, 6) is 0. The van der Waals surface area contributed by atoms with Crippen molar-refractivity contribution in [3.05, 3.63) is 97.1 Å². The molecule has 0 amide bonds. The van der Waals surface area contributed by atoms with Gasteiger partial charge in [0.1, 0.15) is 0 Å². The molecule has 0 aliphatic carbocycles. The molecule has 2 nitrogen and oxygen atoms in total. The fourth-order valence-corrected chi connectivity index (χ4v) is 4.81. The summed E-state index contributed by atoms with van der Waals surface area (Å²) in [4.78, 5) is 0. The van der Waals surface area contributed by atoms with Crippen LogP contribution in [0.15, 0.2) is 97.1 Å². The molecule has 0 heterocycles. The van der Waals surface area contributed by atoms with Gasteiger partial charge in [-0.3, -0.25) is 0 Å². The highest BCUT2D eigenvalue weighted by Gasteiger charge is 2.16. The van der Waals surface area contributed by atoms with Crippen molar-refractivity contribution in [3.63, 3.8) is 0 Å². The van der Waals surface area contributed by atoms with Gasteiger partial charge in [-0.25, -0.2) is 0 Å². The van der Waals surface area contributed by atoms with Crippen LogP contribution < -0.4 is 11.1 Å². The third kappa shape index (κ3) is 2.72. The Morgan fingerprint density at radius 1 is 0.581 bits per heavy atom. The molecule has 0 atom stereocenters. The minimum absolute atomic E-state index is 0.785. The second-order valence-electron chi connectivity index (χ2n) is 8.10. The molecule has 2 heteroatoms. The molecule has 0 saturated heterocycles. The zero-order valence-electron chi connectivity index (χ0n) is 17.3. The lowest BCUT2D eigenvalue weighted by molar-refractivity contribution is 1.51. The largest absolute Gasteiger partial charge is 0.399 e. The van der Waals surface area contributed by atoms with Crippen LogP contribution in [0.5, 0.6) is 0 Å². The zero-order valence-corrected chi connectivity index (χ0v) is 17.3. The minimum Gasteiger partial charge on any atom is -0.399 e. The Bertz CT molecular complexity index is 1540. The first-order valence-corrected chi connectivity index (χ1v) is 10.6. The summed E-state index contributed by atoms with van der Waals surface area (Å²) >= 11 is 0. The van der Waals surface area contributed by atoms with Crippen LogP contribution in [-0.4, -0.2) is 7.05 Å². The molecule has 0 radical (unpaired) electrons. The van der Waals surface area contributed by atoms with Crippen molar-refractivity contribution in [2.75, 3.05) is 18.1 Å². The van der Waals surface area contributed by atoms with Gasteiger partial charge in [-0.15, -0.1) is 0 Å². The lowest BCUT2D eigenvalue weighted by Gasteiger charge is -2.18. The summed E-state index contributed by atoms with van der Waals surface area (Å²) in [6.07, 6.45) is 0. The first-order valence-electron chi connectivity index (χ1n) is 10.6. The van der Waals surface area contributed by atoms with Crippen molar-refractivity contribution in [1.29, 1.82) is 0 Å². The van der Waals surface area contributed by atoms with E-state index < -0.39 is 0 Å². The molecule has 6 aromatic carbocycles. The summed E-state index contributed by atoms with van der Waals surface area (Å²) in [6.45, 7) is 0. The van der Waals surface area contributed by atoms with E-state index in [0.29, 0.717) is 0 Å². The number of nitrogens with one attached hydrogen (secondary N) is 1. The van der Waals surface area contributed by atoms with Crippen LogP contribution in [0.2, 0.25) is 0 Å². The number of nitrogens with two attached hydrogens (primary N) is 1. The number of benzene rings is 6. The zero-order chi connectivity index (χ0) is 20.9. The maximum absolute atomic E-state index is 5.95. The molecule has 0 bridgehead atoms. The van der Waals surface area contributed by atoms with Gasteiger partial charge < -0.3 is 11.1 Å². The van der Waals surface area contributed by atoms with Crippen molar-refractivity contribution in [3.8, 4) is 22.3 Å². The molecular formula is C29H22N2. The molecule has 0 saturated carbocycles. The lowest BCUT2D eigenvalue weighted by Crippen LogP contribution is -1.91. The molecule has 0 aliphatic heterocycles. The van der Waals surface area contributed by atoms with Gasteiger partial charge in [0, 0.05) is 18.4 Å². The highest BCUT2D eigenvalue weighted by molar-refractivity contribution is 6.29. The fourth-order valence-electron chi connectivity index (χ4n) is 4.81. The quantitative estimate of drug-likeness (QED) is 0.239. The van der Waals surface area contributed by atoms with Crippen LogP contribution in [0.4, 0.5) is 11.4 Å². The van der Waals surface area contributed by atoms with Gasteiger partial charge in [0.2, 0.25) is 0 Å². The van der Waals surface area contributed by atoms with E-state index in [-0.39, 0.29) is 0 Å². The Labute approximate surface area is 181 Å². The van der Waals surface area contributed by atoms with Gasteiger partial charge >= 0.3 is 0 Å². The second kappa shape index (κ2) is 6.75. The maximum Gasteiger partial charge on any atom is 0.0337 e. The van der Waals surface area contributed by atoms with Crippen LogP contribution in [0, 0.1) is 0 Å². The van der Waals surface area contributed by atoms with Crippen molar-refractivity contribution >= 4 is 43.7 Å². The van der Waals surface area contributed by atoms with Gasteiger partial charge in [0.15, 0.2) is 0 Å². The summed E-state index contributed by atoms with van der Waals surface area (Å²) in [7, 11) is 1.95. The van der Waals surface area contributed by atoms with Crippen LogP contribution in [0.3, 0.4) is 0 Å². The monoisotopic (exact) mass is 398 g/mol. The lowest BCUT2D eigenvalue weighted by atomic mass is 9.86. The van der Waals surface area contributed by atoms with Crippen LogP contribution in [-0.2, 0) is 0 Å². The summed E-state index contributed by atoms with van der Waals surface area (Å²) in [5, 5.41) is 11.0. The predicted molar refractivity (Wildman–Crippen MR) is 135 cm³/mol. The molecule has 0 aromatic heterocycles. The van der Waals surface area contributed by atoms with E-state index in [9.17, 15) is 0 Å². The SMILES string of the molecule is CNc1ccc(-c2cc3cccc4cc(-c5ccc(N)cc5)c5cccc2c5c43)cc1. The first kappa shape index (κ1) is 17.8. The molecule has 31 heavy (non-hydrogen) atoms. The molecule has 0 fully saturated rings. The summed E-state index contributed by atoms with van der Waals surface area (Å²) in [5.41, 5.74) is 12.8. The Morgan fingerprint density at radius 2 is 1.10 bits per heavy atom. The molecule has 0 aliphatic rings. The van der Waals surface area contributed by atoms with E-state index >= 15 is 0 Å². The third-order valence-corrected chi connectivity index (χ3v) is 6.33. The van der Waals surface area contributed by atoms with E-state index in [1.807, 2.05) is 19.2 Å². The standard InChI is InChI=1S/C29H22N2/c1-31-23-14-10-19(11-15-23)27-17-21-5-2-4-20-16-26(18-8-12-22(30)13-9-18)24-6-3-7-25(27)29(24)28(20)21/h2-17,31H,30H2,1H3. The smallest absolute Gasteiger partial charge is 0.0337 e. The van der Waals surface area contributed by atoms with E-state index in [4.69, 9.17) is 5.73 Å². The third-order valence-electron chi connectivity index (χ3n) is 6.33. The average molecular weight is 399 g/mol. The fraction of sp³-hybridized carbons (Fsp3) is 0.0345. The molecule has 3 N–H and O–H groups in total. The number of nitrogen functional groups attached to an aromatic ring is 1. The topological polar surface area (TPSA) is 38.0 Å². The Kier molecular flexibility index (Phi) is 3.87. The highest BCUT2D eigenvalue weighted by atomic mass is 14.8. The molecule has 6 aromatic rings. The van der Waals surface area contributed by atoms with Crippen LogP contribution >= 0.6 is 0 Å². The maximum atomic E-state index is 5.95. The molecule has 0 spiro atoms. The van der Waals surface area contributed by atoms with Crippen molar-refractivity contribution < 1.29 is 0 Å². The molecule has 148 valence electrons. The Morgan fingerprint density at radius 3 is 1.65 bits per heavy atom. The van der Waals surface area contributed by atoms with Gasteiger partial charge in [-0.05, 0) is 91.0 Å².